The Morgan fingerprint density at radius 1 is 1.19 bits per heavy atom. The monoisotopic (exact) mass is 488 g/mol. The number of carbonyl (C=O) groups is 1. The van der Waals surface area contributed by atoms with Crippen LogP contribution in [0.4, 0.5) is 0 Å². The Morgan fingerprint density at radius 3 is 2.59 bits per heavy atom. The molecule has 4 rings (SSSR count). The molecule has 1 amide bonds. The average Bonchev–Trinajstić information content (AvgIpc) is 3.31. The van der Waals surface area contributed by atoms with E-state index in [1.807, 2.05) is 41.9 Å². The summed E-state index contributed by atoms with van der Waals surface area (Å²) < 4.78 is 24.5. The van der Waals surface area contributed by atoms with Gasteiger partial charge in [-0.25, -0.2) is 13.6 Å². The van der Waals surface area contributed by atoms with Gasteiger partial charge in [-0.2, -0.15) is 5.10 Å². The number of nitrogens with two attached hydrogens (primary N) is 1. The highest BCUT2D eigenvalue weighted by molar-refractivity contribution is 7.89. The molecule has 2 aromatic heterocycles. The van der Waals surface area contributed by atoms with Crippen LogP contribution in [0.5, 0.6) is 0 Å². The van der Waals surface area contributed by atoms with Gasteiger partial charge in [0.25, 0.3) is 5.91 Å². The van der Waals surface area contributed by atoms with Crippen molar-refractivity contribution in [3.8, 4) is 0 Å². The molecule has 0 radical (unpaired) electrons. The second-order valence-electron chi connectivity index (χ2n) is 7.36. The fourth-order valence-corrected chi connectivity index (χ4v) is 5.16. The Labute approximate surface area is 194 Å². The van der Waals surface area contributed by atoms with Gasteiger partial charge in [0.15, 0.2) is 0 Å². The molecule has 0 unspecified atom stereocenters. The number of carbonyl (C=O) groups excluding carboxylic acids is 1. The number of benzene rings is 2. The van der Waals surface area contributed by atoms with Gasteiger partial charge in [-0.05, 0) is 48.7 Å². The van der Waals surface area contributed by atoms with Crippen molar-refractivity contribution in [2.45, 2.75) is 24.8 Å². The summed E-state index contributed by atoms with van der Waals surface area (Å²) in [5.41, 5.74) is 2.73. The van der Waals surface area contributed by atoms with Crippen molar-refractivity contribution in [3.05, 3.63) is 81.3 Å². The van der Waals surface area contributed by atoms with Crippen LogP contribution in [0.2, 0.25) is 5.02 Å². The number of aromatic nitrogens is 2. The standard InChI is InChI=1S/C22H21ClN4O3S2/c1-14-18-12-20(31-22(18)27(26-14)13-16-4-2-3-5-19(16)23)21(28)25-11-10-15-6-8-17(9-7-15)32(24,29)30/h2-9,12H,10-11,13H2,1H3,(H,25,28)(H2,24,29,30). The third kappa shape index (κ3) is 4.86. The first-order valence-electron chi connectivity index (χ1n) is 9.82. The van der Waals surface area contributed by atoms with Crippen LogP contribution in [0.1, 0.15) is 26.5 Å². The summed E-state index contributed by atoms with van der Waals surface area (Å²) >= 11 is 7.68. The van der Waals surface area contributed by atoms with Crippen molar-refractivity contribution in [1.82, 2.24) is 15.1 Å². The molecule has 0 bridgehead atoms. The highest BCUT2D eigenvalue weighted by Crippen LogP contribution is 2.29. The van der Waals surface area contributed by atoms with Crippen molar-refractivity contribution in [2.24, 2.45) is 5.14 Å². The summed E-state index contributed by atoms with van der Waals surface area (Å²) in [5.74, 6) is -0.156. The summed E-state index contributed by atoms with van der Waals surface area (Å²) in [6.45, 7) is 2.87. The summed E-state index contributed by atoms with van der Waals surface area (Å²) in [5, 5.41) is 14.3. The van der Waals surface area contributed by atoms with Crippen LogP contribution in [0.15, 0.2) is 59.5 Å². The molecular weight excluding hydrogens is 468 g/mol. The topological polar surface area (TPSA) is 107 Å². The number of sulfonamides is 1. The van der Waals surface area contributed by atoms with Gasteiger partial charge in [-0.15, -0.1) is 11.3 Å². The second-order valence-corrected chi connectivity index (χ2v) is 10.4. The fourth-order valence-electron chi connectivity index (χ4n) is 3.37. The van der Waals surface area contributed by atoms with Crippen LogP contribution in [0, 0.1) is 6.92 Å². The van der Waals surface area contributed by atoms with E-state index in [2.05, 4.69) is 10.4 Å². The van der Waals surface area contributed by atoms with Gasteiger partial charge >= 0.3 is 0 Å². The van der Waals surface area contributed by atoms with Crippen LogP contribution in [-0.4, -0.2) is 30.7 Å². The predicted molar refractivity (Wildman–Crippen MR) is 127 cm³/mol. The lowest BCUT2D eigenvalue weighted by Crippen LogP contribution is -2.24. The van der Waals surface area contributed by atoms with Gasteiger partial charge in [0.05, 0.1) is 22.0 Å². The molecule has 0 spiro atoms. The molecule has 166 valence electrons. The molecule has 2 heterocycles. The molecule has 0 aliphatic rings. The van der Waals surface area contributed by atoms with E-state index in [0.717, 1.165) is 27.0 Å². The highest BCUT2D eigenvalue weighted by Gasteiger charge is 2.17. The lowest BCUT2D eigenvalue weighted by Gasteiger charge is -2.06. The Morgan fingerprint density at radius 2 is 1.91 bits per heavy atom. The van der Waals surface area contributed by atoms with Gasteiger partial charge < -0.3 is 5.32 Å². The molecule has 0 atom stereocenters. The van der Waals surface area contributed by atoms with Gasteiger partial charge in [0, 0.05) is 17.0 Å². The number of fused-ring (bicyclic) bond motifs is 1. The van der Waals surface area contributed by atoms with Crippen LogP contribution in [0.25, 0.3) is 10.2 Å². The number of primary sulfonamides is 1. The first-order chi connectivity index (χ1) is 15.2. The van der Waals surface area contributed by atoms with E-state index in [1.54, 1.807) is 12.1 Å². The average molecular weight is 489 g/mol. The Bertz CT molecular complexity index is 1390. The van der Waals surface area contributed by atoms with Crippen LogP contribution >= 0.6 is 22.9 Å². The number of amides is 1. The van der Waals surface area contributed by atoms with Crippen molar-refractivity contribution in [2.75, 3.05) is 6.54 Å². The van der Waals surface area contributed by atoms with Crippen molar-refractivity contribution >= 4 is 49.1 Å². The normalized spacial score (nSPS) is 11.7. The van der Waals surface area contributed by atoms with E-state index in [4.69, 9.17) is 16.7 Å². The number of rotatable bonds is 7. The number of hydrogen-bond acceptors (Lipinski definition) is 5. The van der Waals surface area contributed by atoms with Crippen LogP contribution < -0.4 is 10.5 Å². The summed E-state index contributed by atoms with van der Waals surface area (Å²) in [6.07, 6.45) is 0.570. The Hall–Kier alpha value is -2.72. The Kier molecular flexibility index (Phi) is 6.34. The zero-order chi connectivity index (χ0) is 22.9. The predicted octanol–water partition coefficient (Wildman–Crippen LogP) is 3.73. The van der Waals surface area contributed by atoms with Crippen LogP contribution in [-0.2, 0) is 23.0 Å². The molecule has 3 N–H and O–H groups in total. The molecule has 32 heavy (non-hydrogen) atoms. The summed E-state index contributed by atoms with van der Waals surface area (Å²) in [7, 11) is -3.71. The first-order valence-corrected chi connectivity index (χ1v) is 12.6. The second kappa shape index (κ2) is 9.03. The van der Waals surface area contributed by atoms with Gasteiger partial charge in [-0.1, -0.05) is 41.9 Å². The smallest absolute Gasteiger partial charge is 0.261 e. The van der Waals surface area contributed by atoms with E-state index in [-0.39, 0.29) is 10.8 Å². The summed E-state index contributed by atoms with van der Waals surface area (Å²) in [4.78, 5) is 14.3. The third-order valence-corrected chi connectivity index (χ3v) is 7.51. The van der Waals surface area contributed by atoms with Crippen molar-refractivity contribution in [3.63, 3.8) is 0 Å². The minimum Gasteiger partial charge on any atom is -0.351 e. The zero-order valence-corrected chi connectivity index (χ0v) is 19.6. The lowest BCUT2D eigenvalue weighted by molar-refractivity contribution is 0.0958. The highest BCUT2D eigenvalue weighted by atomic mass is 35.5. The minimum atomic E-state index is -3.71. The molecule has 7 nitrogen and oxygen atoms in total. The number of hydrogen-bond donors (Lipinski definition) is 2. The van der Waals surface area contributed by atoms with E-state index >= 15 is 0 Å². The van der Waals surface area contributed by atoms with E-state index in [9.17, 15) is 13.2 Å². The van der Waals surface area contributed by atoms with Crippen LogP contribution in [0.3, 0.4) is 0 Å². The SMILES string of the molecule is Cc1nn(Cc2ccccc2Cl)c2sc(C(=O)NCCc3ccc(S(N)(=O)=O)cc3)cc12. The minimum absolute atomic E-state index is 0.0664. The molecule has 4 aromatic rings. The third-order valence-electron chi connectivity index (χ3n) is 5.06. The van der Waals surface area contributed by atoms with Gasteiger partial charge in [0.1, 0.15) is 4.83 Å². The largest absolute Gasteiger partial charge is 0.351 e. The molecular formula is C22H21ClN4O3S2. The molecule has 10 heteroatoms. The molecule has 0 fully saturated rings. The first kappa shape index (κ1) is 22.5. The quantitative estimate of drug-likeness (QED) is 0.413. The van der Waals surface area contributed by atoms with E-state index < -0.39 is 10.0 Å². The lowest BCUT2D eigenvalue weighted by atomic mass is 10.1. The molecule has 2 aromatic carbocycles. The molecule has 0 aliphatic carbocycles. The zero-order valence-electron chi connectivity index (χ0n) is 17.2. The Balaban J connectivity index is 1.43. The maximum atomic E-state index is 12.7. The molecule has 0 aliphatic heterocycles. The number of aryl methyl sites for hydroxylation is 1. The van der Waals surface area contributed by atoms with E-state index in [0.29, 0.717) is 29.4 Å². The molecule has 0 saturated heterocycles. The number of nitrogens with one attached hydrogen (secondary N) is 1. The van der Waals surface area contributed by atoms with Gasteiger partial charge in [0.2, 0.25) is 10.0 Å². The van der Waals surface area contributed by atoms with E-state index in [1.165, 1.54) is 23.5 Å². The van der Waals surface area contributed by atoms with Gasteiger partial charge in [-0.3, -0.25) is 9.48 Å². The van der Waals surface area contributed by atoms with Crippen molar-refractivity contribution in [1.29, 1.82) is 0 Å². The number of halogens is 1. The van der Waals surface area contributed by atoms with Crippen molar-refractivity contribution < 1.29 is 13.2 Å². The number of thiophene rings is 1. The maximum Gasteiger partial charge on any atom is 0.261 e. The summed E-state index contributed by atoms with van der Waals surface area (Å²) in [6, 6.07) is 15.8. The molecule has 0 saturated carbocycles. The maximum absolute atomic E-state index is 12.7. The number of nitrogens with zero attached hydrogens (tertiary/aromatic N) is 2. The fraction of sp³-hybridized carbons (Fsp3) is 0.182.